The average molecular weight is 168 g/mol. The smallest absolute Gasteiger partial charge is 0.208 e. The molecule has 1 N–H and O–H groups in total. The maximum absolute atomic E-state index is 11.3. The van der Waals surface area contributed by atoms with E-state index in [0.29, 0.717) is 5.69 Å². The quantitative estimate of drug-likeness (QED) is 0.646. The van der Waals surface area contributed by atoms with Gasteiger partial charge in [0.25, 0.3) is 0 Å². The molecule has 0 aliphatic carbocycles. The number of aliphatic hydroxyl groups is 1. The number of aliphatic hydroxyl groups excluding tert-OH is 1. The maximum atomic E-state index is 11.3. The van der Waals surface area contributed by atoms with Gasteiger partial charge in [-0.1, -0.05) is 0 Å². The average Bonchev–Trinajstić information content (AvgIpc) is 2.32. The van der Waals surface area contributed by atoms with Gasteiger partial charge in [0.1, 0.15) is 17.6 Å². The Labute approximate surface area is 70.9 Å². The van der Waals surface area contributed by atoms with Crippen molar-refractivity contribution < 1.29 is 9.90 Å². The van der Waals surface area contributed by atoms with Crippen LogP contribution in [0.5, 0.6) is 0 Å². The molecule has 0 radical (unpaired) electrons. The number of nitrogens with zero attached hydrogens (tertiary/aromatic N) is 2. The summed E-state index contributed by atoms with van der Waals surface area (Å²) in [6, 6.07) is 0. The van der Waals surface area contributed by atoms with Crippen LogP contribution in [0.3, 0.4) is 0 Å². The van der Waals surface area contributed by atoms with E-state index in [-0.39, 0.29) is 5.78 Å². The highest BCUT2D eigenvalue weighted by molar-refractivity contribution is 5.97. The molecule has 0 amide bonds. The molecule has 0 saturated carbocycles. The zero-order chi connectivity index (χ0) is 9.30. The van der Waals surface area contributed by atoms with Gasteiger partial charge >= 0.3 is 0 Å². The molecule has 0 saturated heterocycles. The molecule has 1 aromatic heterocycles. The first-order valence-corrected chi connectivity index (χ1v) is 3.74. The highest BCUT2D eigenvalue weighted by Crippen LogP contribution is 2.04. The van der Waals surface area contributed by atoms with Crippen LogP contribution < -0.4 is 0 Å². The molecule has 12 heavy (non-hydrogen) atoms. The second-order valence-corrected chi connectivity index (χ2v) is 2.79. The molecule has 0 aliphatic heterocycles. The van der Waals surface area contributed by atoms with E-state index in [9.17, 15) is 4.79 Å². The van der Waals surface area contributed by atoms with Crippen molar-refractivity contribution >= 4 is 5.78 Å². The van der Waals surface area contributed by atoms with Crippen molar-refractivity contribution in [1.29, 1.82) is 0 Å². The Morgan fingerprint density at radius 3 is 2.67 bits per heavy atom. The molecule has 0 bridgehead atoms. The van der Waals surface area contributed by atoms with Crippen molar-refractivity contribution in [1.82, 2.24) is 9.55 Å². The van der Waals surface area contributed by atoms with Crippen molar-refractivity contribution in [3.05, 3.63) is 17.7 Å². The number of imidazole rings is 1. The van der Waals surface area contributed by atoms with Crippen LogP contribution in [0.15, 0.2) is 6.20 Å². The van der Waals surface area contributed by atoms with E-state index in [0.717, 1.165) is 5.82 Å². The first kappa shape index (κ1) is 8.93. The van der Waals surface area contributed by atoms with Crippen LogP contribution in [-0.2, 0) is 7.05 Å². The van der Waals surface area contributed by atoms with Crippen molar-refractivity contribution in [2.75, 3.05) is 0 Å². The Hall–Kier alpha value is -1.16. The first-order chi connectivity index (χ1) is 5.54. The zero-order valence-electron chi connectivity index (χ0n) is 7.40. The van der Waals surface area contributed by atoms with Crippen LogP contribution in [0, 0.1) is 6.92 Å². The van der Waals surface area contributed by atoms with Crippen LogP contribution in [-0.4, -0.2) is 26.5 Å². The summed E-state index contributed by atoms with van der Waals surface area (Å²) < 4.78 is 1.66. The number of hydrogen-bond acceptors (Lipinski definition) is 3. The van der Waals surface area contributed by atoms with E-state index in [2.05, 4.69) is 4.98 Å². The van der Waals surface area contributed by atoms with Crippen molar-refractivity contribution in [2.24, 2.45) is 7.05 Å². The lowest BCUT2D eigenvalue weighted by atomic mass is 10.2. The van der Waals surface area contributed by atoms with Crippen LogP contribution in [0.4, 0.5) is 0 Å². The highest BCUT2D eigenvalue weighted by Gasteiger charge is 2.16. The number of Topliss-reactive ketones (excluding diaryl/α,β-unsaturated/α-hetero) is 1. The Kier molecular flexibility index (Phi) is 2.28. The molecule has 0 spiro atoms. The van der Waals surface area contributed by atoms with E-state index < -0.39 is 6.10 Å². The molecule has 1 aromatic rings. The maximum Gasteiger partial charge on any atom is 0.208 e. The van der Waals surface area contributed by atoms with Gasteiger partial charge < -0.3 is 9.67 Å². The highest BCUT2D eigenvalue weighted by atomic mass is 16.3. The van der Waals surface area contributed by atoms with E-state index in [1.165, 1.54) is 13.1 Å². The Bertz CT molecular complexity index is 302. The summed E-state index contributed by atoms with van der Waals surface area (Å²) in [5.74, 6) is 0.470. The molecular weight excluding hydrogens is 156 g/mol. The van der Waals surface area contributed by atoms with Crippen LogP contribution >= 0.6 is 0 Å². The number of rotatable bonds is 2. The summed E-state index contributed by atoms with van der Waals surface area (Å²) >= 11 is 0. The Morgan fingerprint density at radius 1 is 1.75 bits per heavy atom. The number of aryl methyl sites for hydroxylation is 1. The molecule has 0 aliphatic rings. The van der Waals surface area contributed by atoms with Crippen LogP contribution in [0.25, 0.3) is 0 Å². The van der Waals surface area contributed by atoms with E-state index in [1.54, 1.807) is 18.5 Å². The zero-order valence-corrected chi connectivity index (χ0v) is 7.40. The first-order valence-electron chi connectivity index (χ1n) is 3.74. The van der Waals surface area contributed by atoms with E-state index >= 15 is 0 Å². The monoisotopic (exact) mass is 168 g/mol. The molecule has 0 fully saturated rings. The van der Waals surface area contributed by atoms with E-state index in [1.807, 2.05) is 0 Å². The standard InChI is InChI=1S/C8H12N2O2/c1-5(11)8(12)7-4-9-6(2)10(7)3/h4-5,11H,1-3H3. The van der Waals surface area contributed by atoms with Gasteiger partial charge in [-0.05, 0) is 13.8 Å². The van der Waals surface area contributed by atoms with Gasteiger partial charge in [-0.15, -0.1) is 0 Å². The van der Waals surface area contributed by atoms with Gasteiger partial charge in [0.2, 0.25) is 5.78 Å². The van der Waals surface area contributed by atoms with Gasteiger partial charge in [-0.2, -0.15) is 0 Å². The Morgan fingerprint density at radius 2 is 2.33 bits per heavy atom. The molecule has 4 nitrogen and oxygen atoms in total. The number of hydrogen-bond donors (Lipinski definition) is 1. The molecule has 1 atom stereocenters. The van der Waals surface area contributed by atoms with Gasteiger partial charge in [-0.25, -0.2) is 4.98 Å². The number of carbonyl (C=O) groups is 1. The minimum atomic E-state index is -0.959. The summed E-state index contributed by atoms with van der Waals surface area (Å²) in [4.78, 5) is 15.2. The number of aromatic nitrogens is 2. The summed E-state index contributed by atoms with van der Waals surface area (Å²) in [6.07, 6.45) is 0.518. The van der Waals surface area contributed by atoms with Gasteiger partial charge in [0.05, 0.1) is 6.20 Å². The van der Waals surface area contributed by atoms with Gasteiger partial charge in [0.15, 0.2) is 0 Å². The minimum absolute atomic E-state index is 0.293. The normalized spacial score (nSPS) is 13.0. The van der Waals surface area contributed by atoms with Crippen molar-refractivity contribution in [3.8, 4) is 0 Å². The summed E-state index contributed by atoms with van der Waals surface area (Å²) in [5, 5.41) is 9.02. The van der Waals surface area contributed by atoms with Crippen LogP contribution in [0.2, 0.25) is 0 Å². The van der Waals surface area contributed by atoms with E-state index in [4.69, 9.17) is 5.11 Å². The molecule has 1 heterocycles. The lowest BCUT2D eigenvalue weighted by molar-refractivity contribution is 0.0770. The molecule has 66 valence electrons. The van der Waals surface area contributed by atoms with Gasteiger partial charge in [0, 0.05) is 7.05 Å². The van der Waals surface area contributed by atoms with Crippen LogP contribution in [0.1, 0.15) is 23.2 Å². The molecule has 4 heteroatoms. The van der Waals surface area contributed by atoms with Crippen molar-refractivity contribution in [3.63, 3.8) is 0 Å². The molecular formula is C8H12N2O2. The second kappa shape index (κ2) is 3.06. The topological polar surface area (TPSA) is 55.1 Å². The summed E-state index contributed by atoms with van der Waals surface area (Å²) in [5.41, 5.74) is 0.447. The fourth-order valence-electron chi connectivity index (χ4n) is 0.945. The number of carbonyl (C=O) groups excluding carboxylic acids is 1. The lowest BCUT2D eigenvalue weighted by Gasteiger charge is -2.03. The fraction of sp³-hybridized carbons (Fsp3) is 0.500. The third-order valence-corrected chi connectivity index (χ3v) is 1.85. The predicted molar refractivity (Wildman–Crippen MR) is 44.0 cm³/mol. The van der Waals surface area contributed by atoms with Gasteiger partial charge in [-0.3, -0.25) is 4.79 Å². The summed E-state index contributed by atoms with van der Waals surface area (Å²) in [7, 11) is 1.75. The second-order valence-electron chi connectivity index (χ2n) is 2.79. The number of ketones is 1. The molecule has 1 rings (SSSR count). The lowest BCUT2D eigenvalue weighted by Crippen LogP contribution is -2.19. The largest absolute Gasteiger partial charge is 0.385 e. The molecule has 0 aromatic carbocycles. The Balaban J connectivity index is 3.04. The summed E-state index contributed by atoms with van der Waals surface area (Å²) in [6.45, 7) is 3.25. The van der Waals surface area contributed by atoms with Crippen molar-refractivity contribution in [2.45, 2.75) is 20.0 Å². The molecule has 1 unspecified atom stereocenters. The third kappa shape index (κ3) is 1.38. The SMILES string of the molecule is Cc1ncc(C(=O)C(C)O)n1C. The predicted octanol–water partition coefficient (Wildman–Crippen LogP) is 0.292. The third-order valence-electron chi connectivity index (χ3n) is 1.85. The fourth-order valence-corrected chi connectivity index (χ4v) is 0.945. The minimum Gasteiger partial charge on any atom is -0.385 e.